The zero-order chi connectivity index (χ0) is 21.0. The number of halogens is 3. The number of carbonyl (C=O) groups excluding carboxylic acids is 2. The molecule has 0 fully saturated rings. The smallest absolute Gasteiger partial charge is 0.416 e. The first kappa shape index (κ1) is 19.9. The van der Waals surface area contributed by atoms with Crippen molar-refractivity contribution in [2.24, 2.45) is 5.73 Å². The standard InChI is InChI=1S/C19H15F3N4O3/c20-19(21,22)14-5-2-1-4-12(14)10-26-11-13(9-24-26)25-18(28)15(23)8-16(27)17-6-3-7-29-17/h1-9,11H,10,23H2,(H,25,28). The van der Waals surface area contributed by atoms with E-state index in [-0.39, 0.29) is 29.3 Å². The van der Waals surface area contributed by atoms with Gasteiger partial charge in [0.25, 0.3) is 5.91 Å². The molecule has 0 spiro atoms. The monoisotopic (exact) mass is 404 g/mol. The quantitative estimate of drug-likeness (QED) is 0.485. The third-order valence-corrected chi connectivity index (χ3v) is 3.86. The zero-order valence-corrected chi connectivity index (χ0v) is 14.8. The molecule has 0 aliphatic heterocycles. The number of ketones is 1. The molecule has 10 heteroatoms. The minimum absolute atomic E-state index is 0.0249. The Morgan fingerprint density at radius 1 is 1.21 bits per heavy atom. The lowest BCUT2D eigenvalue weighted by molar-refractivity contribution is -0.138. The van der Waals surface area contributed by atoms with Crippen molar-refractivity contribution < 1.29 is 27.2 Å². The van der Waals surface area contributed by atoms with E-state index in [0.29, 0.717) is 0 Å². The first-order chi connectivity index (χ1) is 13.7. The highest BCUT2D eigenvalue weighted by Gasteiger charge is 2.32. The number of alkyl halides is 3. The maximum atomic E-state index is 13.1. The molecule has 2 heterocycles. The van der Waals surface area contributed by atoms with Gasteiger partial charge in [0.2, 0.25) is 5.78 Å². The average molecular weight is 404 g/mol. The molecule has 0 saturated carbocycles. The zero-order valence-electron chi connectivity index (χ0n) is 14.8. The molecule has 3 aromatic rings. The van der Waals surface area contributed by atoms with Crippen LogP contribution in [0.5, 0.6) is 0 Å². The molecule has 3 rings (SSSR count). The van der Waals surface area contributed by atoms with E-state index in [1.54, 1.807) is 0 Å². The molecule has 2 aromatic heterocycles. The van der Waals surface area contributed by atoms with E-state index in [1.165, 1.54) is 53.7 Å². The molecule has 0 radical (unpaired) electrons. The Hall–Kier alpha value is -3.82. The molecular formula is C19H15F3N4O3. The van der Waals surface area contributed by atoms with Crippen molar-refractivity contribution in [3.8, 4) is 0 Å². The van der Waals surface area contributed by atoms with Gasteiger partial charge in [0, 0.05) is 12.3 Å². The maximum Gasteiger partial charge on any atom is 0.416 e. The van der Waals surface area contributed by atoms with Crippen molar-refractivity contribution in [3.63, 3.8) is 0 Å². The molecule has 29 heavy (non-hydrogen) atoms. The third-order valence-electron chi connectivity index (χ3n) is 3.86. The number of nitrogens with two attached hydrogens (primary N) is 1. The van der Waals surface area contributed by atoms with Crippen LogP contribution in [0.2, 0.25) is 0 Å². The lowest BCUT2D eigenvalue weighted by atomic mass is 10.1. The summed E-state index contributed by atoms with van der Waals surface area (Å²) in [5, 5.41) is 6.36. The summed E-state index contributed by atoms with van der Waals surface area (Å²) in [7, 11) is 0. The Kier molecular flexibility index (Phi) is 5.53. The van der Waals surface area contributed by atoms with E-state index in [0.717, 1.165) is 12.1 Å². The predicted octanol–water partition coefficient (Wildman–Crippen LogP) is 3.21. The number of aromatic nitrogens is 2. The van der Waals surface area contributed by atoms with Crippen LogP contribution in [0.25, 0.3) is 0 Å². The molecule has 0 aliphatic rings. The fraction of sp³-hybridized carbons (Fsp3) is 0.105. The topological polar surface area (TPSA) is 103 Å². The largest absolute Gasteiger partial charge is 0.461 e. The second-order valence-electron chi connectivity index (χ2n) is 5.98. The van der Waals surface area contributed by atoms with Gasteiger partial charge in [-0.2, -0.15) is 18.3 Å². The van der Waals surface area contributed by atoms with Gasteiger partial charge in [-0.25, -0.2) is 0 Å². The van der Waals surface area contributed by atoms with Crippen LogP contribution in [0.15, 0.2) is 71.2 Å². The summed E-state index contributed by atoms with van der Waals surface area (Å²) in [6.07, 6.45) is 0.351. The number of hydrogen-bond acceptors (Lipinski definition) is 5. The van der Waals surface area contributed by atoms with Crippen LogP contribution in [0.4, 0.5) is 18.9 Å². The first-order valence-corrected chi connectivity index (χ1v) is 8.28. The predicted molar refractivity (Wildman–Crippen MR) is 96.7 cm³/mol. The van der Waals surface area contributed by atoms with E-state index in [1.807, 2.05) is 0 Å². The fourth-order valence-corrected chi connectivity index (χ4v) is 2.52. The first-order valence-electron chi connectivity index (χ1n) is 8.28. The number of anilines is 1. The highest BCUT2D eigenvalue weighted by atomic mass is 19.4. The molecule has 7 nitrogen and oxygen atoms in total. The second-order valence-corrected chi connectivity index (χ2v) is 5.98. The maximum absolute atomic E-state index is 13.1. The summed E-state index contributed by atoms with van der Waals surface area (Å²) < 4.78 is 45.4. The van der Waals surface area contributed by atoms with Crippen molar-refractivity contribution >= 4 is 17.4 Å². The molecule has 1 aromatic carbocycles. The molecule has 3 N–H and O–H groups in total. The van der Waals surface area contributed by atoms with E-state index in [9.17, 15) is 22.8 Å². The summed E-state index contributed by atoms with van der Waals surface area (Å²) in [6, 6.07) is 8.08. The summed E-state index contributed by atoms with van der Waals surface area (Å²) in [6.45, 7) is -0.145. The van der Waals surface area contributed by atoms with Gasteiger partial charge in [-0.3, -0.25) is 14.3 Å². The van der Waals surface area contributed by atoms with Gasteiger partial charge in [-0.1, -0.05) is 18.2 Å². The Balaban J connectivity index is 1.68. The number of hydrogen-bond donors (Lipinski definition) is 2. The van der Waals surface area contributed by atoms with Crippen LogP contribution >= 0.6 is 0 Å². The lowest BCUT2D eigenvalue weighted by Crippen LogP contribution is -2.21. The van der Waals surface area contributed by atoms with Crippen LogP contribution in [0.1, 0.15) is 21.7 Å². The normalized spacial score (nSPS) is 12.0. The van der Waals surface area contributed by atoms with Crippen LogP contribution in [-0.2, 0) is 17.5 Å². The van der Waals surface area contributed by atoms with Crippen molar-refractivity contribution in [1.29, 1.82) is 0 Å². The average Bonchev–Trinajstić information content (AvgIpc) is 3.33. The number of rotatable bonds is 6. The minimum Gasteiger partial charge on any atom is -0.461 e. The molecule has 0 saturated heterocycles. The van der Waals surface area contributed by atoms with Gasteiger partial charge in [-0.15, -0.1) is 0 Å². The van der Waals surface area contributed by atoms with E-state index < -0.39 is 23.4 Å². The number of nitrogens with one attached hydrogen (secondary N) is 1. The summed E-state index contributed by atoms with van der Waals surface area (Å²) in [5.41, 5.74) is 4.73. The van der Waals surface area contributed by atoms with E-state index in [4.69, 9.17) is 10.2 Å². The number of amides is 1. The van der Waals surface area contributed by atoms with Crippen LogP contribution < -0.4 is 11.1 Å². The molecule has 0 atom stereocenters. The highest BCUT2D eigenvalue weighted by Crippen LogP contribution is 2.32. The Morgan fingerprint density at radius 2 is 1.97 bits per heavy atom. The van der Waals surface area contributed by atoms with Crippen molar-refractivity contribution in [2.75, 3.05) is 5.32 Å². The Morgan fingerprint density at radius 3 is 2.66 bits per heavy atom. The fourth-order valence-electron chi connectivity index (χ4n) is 2.52. The van der Waals surface area contributed by atoms with Gasteiger partial charge in [0.15, 0.2) is 5.76 Å². The SMILES string of the molecule is NC(=CC(=O)c1ccco1)C(=O)Nc1cnn(Cc2ccccc2C(F)(F)F)c1. The van der Waals surface area contributed by atoms with Crippen LogP contribution in [0.3, 0.4) is 0 Å². The van der Waals surface area contributed by atoms with Gasteiger partial charge in [-0.05, 0) is 23.8 Å². The summed E-state index contributed by atoms with van der Waals surface area (Å²) in [5.74, 6) is -1.32. The Bertz CT molecular complexity index is 1050. The minimum atomic E-state index is -4.49. The van der Waals surface area contributed by atoms with Crippen molar-refractivity contribution in [1.82, 2.24) is 9.78 Å². The van der Waals surface area contributed by atoms with Crippen LogP contribution in [-0.4, -0.2) is 21.5 Å². The van der Waals surface area contributed by atoms with Gasteiger partial charge in [0.05, 0.1) is 30.3 Å². The third kappa shape index (κ3) is 4.92. The number of benzene rings is 1. The van der Waals surface area contributed by atoms with Gasteiger partial charge in [0.1, 0.15) is 5.70 Å². The van der Waals surface area contributed by atoms with Crippen molar-refractivity contribution in [3.05, 3.63) is 83.7 Å². The number of allylic oxidation sites excluding steroid dienone is 1. The number of nitrogens with zero attached hydrogens (tertiary/aromatic N) is 2. The molecule has 0 unspecified atom stereocenters. The second kappa shape index (κ2) is 8.05. The van der Waals surface area contributed by atoms with Crippen molar-refractivity contribution in [2.45, 2.75) is 12.7 Å². The number of carbonyl (C=O) groups is 2. The van der Waals surface area contributed by atoms with E-state index >= 15 is 0 Å². The molecule has 1 amide bonds. The molecule has 0 aliphatic carbocycles. The summed E-state index contributed by atoms with van der Waals surface area (Å²) in [4.78, 5) is 24.0. The molecule has 150 valence electrons. The van der Waals surface area contributed by atoms with Crippen LogP contribution in [0, 0.1) is 0 Å². The molecular weight excluding hydrogens is 389 g/mol. The van der Waals surface area contributed by atoms with E-state index in [2.05, 4.69) is 10.4 Å². The highest BCUT2D eigenvalue weighted by molar-refractivity contribution is 6.11. The number of furan rings is 1. The van der Waals surface area contributed by atoms with Gasteiger partial charge >= 0.3 is 6.18 Å². The Labute approximate surface area is 162 Å². The lowest BCUT2D eigenvalue weighted by Gasteiger charge is -2.12. The molecule has 0 bridgehead atoms. The van der Waals surface area contributed by atoms with Gasteiger partial charge < -0.3 is 15.5 Å². The summed E-state index contributed by atoms with van der Waals surface area (Å²) >= 11 is 0.